The Hall–Kier alpha value is 0.460. The van der Waals surface area contributed by atoms with Gasteiger partial charge in [0, 0.05) is 12.2 Å². The van der Waals surface area contributed by atoms with Crippen molar-refractivity contribution in [3.8, 4) is 0 Å². The topological polar surface area (TPSA) is 85.2 Å². The van der Waals surface area contributed by atoms with Gasteiger partial charge in [-0.15, -0.1) is 0 Å². The van der Waals surface area contributed by atoms with E-state index in [-0.39, 0.29) is 12.2 Å². The second kappa shape index (κ2) is 4.36. The first-order valence-corrected chi connectivity index (χ1v) is 5.37. The lowest BCUT2D eigenvalue weighted by atomic mass is 10.3. The van der Waals surface area contributed by atoms with Gasteiger partial charge in [-0.3, -0.25) is 4.57 Å². The maximum Gasteiger partial charge on any atom is 0.325 e. The Labute approximate surface area is 65.4 Å². The minimum absolute atomic E-state index is 0.0379. The Balaban J connectivity index is 3.46. The van der Waals surface area contributed by atoms with Crippen molar-refractivity contribution in [2.24, 2.45) is 0 Å². The van der Waals surface area contributed by atoms with E-state index in [1.807, 2.05) is 0 Å². The van der Waals surface area contributed by atoms with Gasteiger partial charge in [0.05, 0.1) is 12.2 Å². The quantitative estimate of drug-likeness (QED) is 0.339. The van der Waals surface area contributed by atoms with Crippen molar-refractivity contribution < 1.29 is 20.1 Å². The van der Waals surface area contributed by atoms with Crippen LogP contribution in [0.3, 0.4) is 0 Å². The van der Waals surface area contributed by atoms with Gasteiger partial charge in [-0.2, -0.15) is 12.6 Å². The molecule has 6 heteroatoms. The summed E-state index contributed by atoms with van der Waals surface area (Å²) in [5.74, 6) is 0.569. The van der Waals surface area contributed by atoms with Gasteiger partial charge in [0.1, 0.15) is 0 Å². The molecule has 0 aromatic heterocycles. The molecule has 1 atom stereocenters. The highest BCUT2D eigenvalue weighted by Gasteiger charge is 2.15. The van der Waals surface area contributed by atoms with Gasteiger partial charge in [-0.1, -0.05) is 0 Å². The third kappa shape index (κ3) is 6.58. The van der Waals surface area contributed by atoms with E-state index in [9.17, 15) is 4.57 Å². The highest BCUT2D eigenvalue weighted by atomic mass is 32.1. The fourth-order valence-electron chi connectivity index (χ4n) is 0.442. The molecule has 5 N–H and O–H groups in total. The molecule has 0 aromatic rings. The van der Waals surface area contributed by atoms with Gasteiger partial charge in [-0.25, -0.2) is 0 Å². The molecule has 0 aliphatic carbocycles. The molecule has 0 spiro atoms. The molecule has 0 aliphatic rings. The van der Waals surface area contributed by atoms with Crippen molar-refractivity contribution in [3.63, 3.8) is 0 Å². The lowest BCUT2D eigenvalue weighted by Gasteiger charge is -2.05. The van der Waals surface area contributed by atoms with Gasteiger partial charge in [0.25, 0.3) is 0 Å². The summed E-state index contributed by atoms with van der Waals surface area (Å²) in [5, 5.41) is 0. The predicted octanol–water partition coefficient (Wildman–Crippen LogP) is -0.906. The average molecular weight is 186 g/mol. The molecule has 4 nitrogen and oxygen atoms in total. The molecule has 0 radical (unpaired) electrons. The van der Waals surface area contributed by atoms with Crippen molar-refractivity contribution in [3.05, 3.63) is 0 Å². The summed E-state index contributed by atoms with van der Waals surface area (Å²) < 4.78 is 10.3. The van der Waals surface area contributed by atoms with Crippen LogP contribution in [0.5, 0.6) is 0 Å². The lowest BCUT2D eigenvalue weighted by molar-refractivity contribution is -0.412. The first kappa shape index (κ1) is 10.5. The van der Waals surface area contributed by atoms with Gasteiger partial charge < -0.3 is 15.5 Å². The Bertz CT molecular complexity index is 136. The average Bonchev–Trinajstić information content (AvgIpc) is 1.81. The molecular weight excluding hydrogens is 173 g/mol. The zero-order chi connectivity index (χ0) is 8.20. The molecular formula is C4H13NO3PS+. The van der Waals surface area contributed by atoms with E-state index in [1.165, 1.54) is 0 Å². The molecule has 0 amide bonds. The van der Waals surface area contributed by atoms with Gasteiger partial charge in [0.2, 0.25) is 0 Å². The van der Waals surface area contributed by atoms with Crippen LogP contribution >= 0.6 is 20.2 Å². The van der Waals surface area contributed by atoms with E-state index >= 15 is 0 Å². The Kier molecular flexibility index (Phi) is 4.56. The minimum atomic E-state index is -3.81. The Morgan fingerprint density at radius 1 is 1.60 bits per heavy atom. The van der Waals surface area contributed by atoms with Crippen LogP contribution in [-0.4, -0.2) is 27.7 Å². The predicted molar refractivity (Wildman–Crippen MR) is 42.1 cm³/mol. The summed E-state index contributed by atoms with van der Waals surface area (Å²) in [6, 6.07) is 0.0379. The molecule has 10 heavy (non-hydrogen) atoms. The molecule has 62 valence electrons. The Morgan fingerprint density at radius 2 is 2.10 bits per heavy atom. The van der Waals surface area contributed by atoms with Gasteiger partial charge in [0.15, 0.2) is 0 Å². The fraction of sp³-hybridized carbons (Fsp3) is 1.00. The van der Waals surface area contributed by atoms with Crippen molar-refractivity contribution in [2.45, 2.75) is 12.5 Å². The molecule has 0 aliphatic heterocycles. The molecule has 1 unspecified atom stereocenters. The van der Waals surface area contributed by atoms with E-state index in [2.05, 4.69) is 18.4 Å². The smallest absolute Gasteiger partial charge is 0.325 e. The summed E-state index contributed by atoms with van der Waals surface area (Å²) in [7, 11) is -3.81. The van der Waals surface area contributed by atoms with E-state index in [0.717, 1.165) is 0 Å². The van der Waals surface area contributed by atoms with E-state index in [0.29, 0.717) is 12.2 Å². The normalized spacial score (nSPS) is 15.2. The van der Waals surface area contributed by atoms with Crippen molar-refractivity contribution >= 4 is 20.2 Å². The SMILES string of the molecule is [NH3+]C(CS)CCP(=O)(O)O. The first-order chi connectivity index (χ1) is 4.45. The fourth-order valence-corrected chi connectivity index (χ4v) is 1.33. The number of hydrogen-bond donors (Lipinski definition) is 4. The van der Waals surface area contributed by atoms with Crippen LogP contribution in [0, 0.1) is 0 Å². The van der Waals surface area contributed by atoms with Crippen LogP contribution in [0.1, 0.15) is 6.42 Å². The second-order valence-electron chi connectivity index (χ2n) is 2.23. The molecule has 0 heterocycles. The minimum Gasteiger partial charge on any atom is -0.354 e. The van der Waals surface area contributed by atoms with Crippen molar-refractivity contribution in [2.75, 3.05) is 11.9 Å². The largest absolute Gasteiger partial charge is 0.354 e. The highest BCUT2D eigenvalue weighted by Crippen LogP contribution is 2.34. The second-order valence-corrected chi connectivity index (χ2v) is 4.37. The van der Waals surface area contributed by atoms with E-state index < -0.39 is 7.60 Å². The van der Waals surface area contributed by atoms with Gasteiger partial charge >= 0.3 is 7.60 Å². The first-order valence-electron chi connectivity index (χ1n) is 2.94. The Morgan fingerprint density at radius 3 is 2.40 bits per heavy atom. The van der Waals surface area contributed by atoms with Crippen LogP contribution in [0.25, 0.3) is 0 Å². The number of rotatable bonds is 4. The van der Waals surface area contributed by atoms with Crippen LogP contribution in [0.2, 0.25) is 0 Å². The van der Waals surface area contributed by atoms with Crippen molar-refractivity contribution in [1.29, 1.82) is 0 Å². The summed E-state index contributed by atoms with van der Waals surface area (Å²) in [6.45, 7) is 0. The van der Waals surface area contributed by atoms with Crippen molar-refractivity contribution in [1.82, 2.24) is 0 Å². The van der Waals surface area contributed by atoms with E-state index in [1.54, 1.807) is 0 Å². The number of hydrogen-bond acceptors (Lipinski definition) is 2. The van der Waals surface area contributed by atoms with Crippen LogP contribution in [0.15, 0.2) is 0 Å². The maximum atomic E-state index is 10.3. The molecule has 0 saturated heterocycles. The monoisotopic (exact) mass is 186 g/mol. The third-order valence-corrected chi connectivity index (χ3v) is 2.44. The molecule has 0 aromatic carbocycles. The molecule has 0 rings (SSSR count). The van der Waals surface area contributed by atoms with Crippen LogP contribution in [0.4, 0.5) is 0 Å². The summed E-state index contributed by atoms with van der Waals surface area (Å²) in [4.78, 5) is 16.8. The molecule has 0 saturated carbocycles. The maximum absolute atomic E-state index is 10.3. The van der Waals surface area contributed by atoms with E-state index in [4.69, 9.17) is 9.79 Å². The summed E-state index contributed by atoms with van der Waals surface area (Å²) in [5.41, 5.74) is 3.64. The third-order valence-electron chi connectivity index (χ3n) is 1.09. The zero-order valence-corrected chi connectivity index (χ0v) is 7.39. The highest BCUT2D eigenvalue weighted by molar-refractivity contribution is 7.80. The van der Waals surface area contributed by atoms with Gasteiger partial charge in [-0.05, 0) is 0 Å². The standard InChI is InChI=1S/C4H12NO3PS/c5-4(3-10)1-2-9(6,7)8/h4,10H,1-3,5H2,(H2,6,7,8)/p+1. The van der Waals surface area contributed by atoms with Crippen LogP contribution in [-0.2, 0) is 4.57 Å². The molecule has 0 bridgehead atoms. The number of thiol groups is 1. The summed E-state index contributed by atoms with van der Waals surface area (Å²) >= 11 is 3.93. The summed E-state index contributed by atoms with van der Waals surface area (Å²) in [6.07, 6.45) is 0.357. The molecule has 0 fully saturated rings. The lowest BCUT2D eigenvalue weighted by Crippen LogP contribution is -2.62. The number of quaternary nitrogens is 1. The van der Waals surface area contributed by atoms with Crippen LogP contribution < -0.4 is 5.73 Å². The zero-order valence-electron chi connectivity index (χ0n) is 5.60.